The Morgan fingerprint density at radius 3 is 2.32 bits per heavy atom. The number of carbonyl (C=O) groups is 2. The number of nitrogens with zero attached hydrogens (tertiary/aromatic N) is 2. The van der Waals surface area contributed by atoms with Crippen LogP contribution < -0.4 is 10.2 Å². The third-order valence-corrected chi connectivity index (χ3v) is 4.24. The summed E-state index contributed by atoms with van der Waals surface area (Å²) < 4.78 is 4.88. The Bertz CT molecular complexity index is 552. The van der Waals surface area contributed by atoms with E-state index in [0.717, 1.165) is 18.8 Å². The second kappa shape index (κ2) is 10.0. The fraction of sp³-hybridized carbons (Fsp3) is 0.579. The zero-order valence-electron chi connectivity index (χ0n) is 15.3. The van der Waals surface area contributed by atoms with Gasteiger partial charge in [-0.3, -0.25) is 14.5 Å². The second-order valence-corrected chi connectivity index (χ2v) is 6.47. The van der Waals surface area contributed by atoms with E-state index >= 15 is 0 Å². The molecule has 138 valence electrons. The van der Waals surface area contributed by atoms with Crippen LogP contribution in [-0.2, 0) is 14.3 Å². The number of nitrogens with one attached hydrogen (secondary N) is 1. The van der Waals surface area contributed by atoms with Crippen molar-refractivity contribution in [3.63, 3.8) is 0 Å². The van der Waals surface area contributed by atoms with E-state index in [1.165, 1.54) is 31.4 Å². The third kappa shape index (κ3) is 6.74. The van der Waals surface area contributed by atoms with E-state index in [-0.39, 0.29) is 25.0 Å². The average Bonchev–Trinajstić information content (AvgIpc) is 2.84. The molecule has 0 saturated carbocycles. The van der Waals surface area contributed by atoms with Crippen molar-refractivity contribution in [3.05, 3.63) is 24.3 Å². The Morgan fingerprint density at radius 2 is 1.72 bits per heavy atom. The smallest absolute Gasteiger partial charge is 0.320 e. The Hall–Kier alpha value is -2.08. The summed E-state index contributed by atoms with van der Waals surface area (Å²) in [6.07, 6.45) is 5.10. The highest BCUT2D eigenvalue weighted by atomic mass is 16.5. The summed E-state index contributed by atoms with van der Waals surface area (Å²) in [5, 5.41) is 2.87. The maximum atomic E-state index is 12.1. The Morgan fingerprint density at radius 1 is 1.08 bits per heavy atom. The van der Waals surface area contributed by atoms with Gasteiger partial charge in [0.25, 0.3) is 0 Å². The van der Waals surface area contributed by atoms with Gasteiger partial charge in [0.05, 0.1) is 19.7 Å². The third-order valence-electron chi connectivity index (χ3n) is 4.24. The monoisotopic (exact) mass is 347 g/mol. The van der Waals surface area contributed by atoms with Crippen LogP contribution >= 0.6 is 0 Å². The summed E-state index contributed by atoms with van der Waals surface area (Å²) in [4.78, 5) is 27.5. The van der Waals surface area contributed by atoms with Crippen molar-refractivity contribution in [1.29, 1.82) is 0 Å². The van der Waals surface area contributed by atoms with Crippen molar-refractivity contribution in [1.82, 2.24) is 4.90 Å². The summed E-state index contributed by atoms with van der Waals surface area (Å²) in [7, 11) is 1.72. The summed E-state index contributed by atoms with van der Waals surface area (Å²) in [5.74, 6) is -0.464. The molecule has 0 spiro atoms. The van der Waals surface area contributed by atoms with Crippen molar-refractivity contribution in [2.45, 2.75) is 32.6 Å². The largest absolute Gasteiger partial charge is 0.465 e. The number of likely N-dealkylation sites (N-methyl/N-ethyl adjacent to an activating group) is 1. The molecule has 1 aliphatic heterocycles. The predicted octanol–water partition coefficient (Wildman–Crippen LogP) is 2.50. The Balaban J connectivity index is 1.81. The second-order valence-electron chi connectivity index (χ2n) is 6.47. The van der Waals surface area contributed by atoms with E-state index in [1.807, 2.05) is 12.1 Å². The van der Waals surface area contributed by atoms with Gasteiger partial charge in [0, 0.05) is 24.5 Å². The molecule has 1 saturated heterocycles. The molecule has 0 aromatic heterocycles. The number of amides is 1. The first-order valence-corrected chi connectivity index (χ1v) is 9.07. The quantitative estimate of drug-likeness (QED) is 0.768. The molecule has 1 aliphatic rings. The van der Waals surface area contributed by atoms with Crippen LogP contribution in [-0.4, -0.2) is 56.6 Å². The van der Waals surface area contributed by atoms with Crippen molar-refractivity contribution in [3.8, 4) is 0 Å². The van der Waals surface area contributed by atoms with Crippen molar-refractivity contribution < 1.29 is 14.3 Å². The van der Waals surface area contributed by atoms with Gasteiger partial charge in [0.15, 0.2) is 0 Å². The van der Waals surface area contributed by atoms with Gasteiger partial charge < -0.3 is 15.0 Å². The molecule has 1 fully saturated rings. The van der Waals surface area contributed by atoms with Crippen LogP contribution in [0.15, 0.2) is 24.3 Å². The lowest BCUT2D eigenvalue weighted by Gasteiger charge is -2.23. The molecule has 0 unspecified atom stereocenters. The van der Waals surface area contributed by atoms with Gasteiger partial charge in [-0.25, -0.2) is 0 Å². The van der Waals surface area contributed by atoms with E-state index in [9.17, 15) is 9.59 Å². The van der Waals surface area contributed by atoms with E-state index in [4.69, 9.17) is 4.74 Å². The molecule has 0 bridgehead atoms. The maximum absolute atomic E-state index is 12.1. The molecule has 25 heavy (non-hydrogen) atoms. The van der Waals surface area contributed by atoms with Gasteiger partial charge in [-0.1, -0.05) is 12.8 Å². The molecule has 6 heteroatoms. The summed E-state index contributed by atoms with van der Waals surface area (Å²) in [5.41, 5.74) is 1.98. The van der Waals surface area contributed by atoms with Gasteiger partial charge in [-0.05, 0) is 51.1 Å². The Kier molecular flexibility index (Phi) is 7.73. The molecule has 1 aromatic rings. The molecule has 1 amide bonds. The van der Waals surface area contributed by atoms with Crippen LogP contribution in [0.25, 0.3) is 0 Å². The summed E-state index contributed by atoms with van der Waals surface area (Å²) in [6, 6.07) is 7.99. The zero-order valence-corrected chi connectivity index (χ0v) is 15.3. The van der Waals surface area contributed by atoms with Crippen LogP contribution in [0.2, 0.25) is 0 Å². The van der Waals surface area contributed by atoms with E-state index < -0.39 is 0 Å². The van der Waals surface area contributed by atoms with Gasteiger partial charge in [-0.2, -0.15) is 0 Å². The van der Waals surface area contributed by atoms with Gasteiger partial charge >= 0.3 is 5.97 Å². The lowest BCUT2D eigenvalue weighted by molar-refractivity contribution is -0.144. The molecular formula is C19H29N3O3. The first-order valence-electron chi connectivity index (χ1n) is 9.07. The Labute approximate surface area is 150 Å². The summed E-state index contributed by atoms with van der Waals surface area (Å²) >= 11 is 0. The minimum atomic E-state index is -0.320. The number of benzene rings is 1. The van der Waals surface area contributed by atoms with Crippen LogP contribution in [0.5, 0.6) is 0 Å². The van der Waals surface area contributed by atoms with Gasteiger partial charge in [0.1, 0.15) is 0 Å². The van der Waals surface area contributed by atoms with Crippen molar-refractivity contribution in [2.24, 2.45) is 0 Å². The zero-order chi connectivity index (χ0) is 18.1. The average molecular weight is 347 g/mol. The van der Waals surface area contributed by atoms with E-state index in [1.54, 1.807) is 18.9 Å². The molecule has 1 aromatic carbocycles. The molecular weight excluding hydrogens is 318 g/mol. The number of rotatable bonds is 7. The minimum Gasteiger partial charge on any atom is -0.465 e. The molecule has 0 atom stereocenters. The lowest BCUT2D eigenvalue weighted by Crippen LogP contribution is -2.34. The number of hydrogen-bond acceptors (Lipinski definition) is 5. The minimum absolute atomic E-state index is 0.106. The number of ether oxygens (including phenoxy) is 1. The topological polar surface area (TPSA) is 61.9 Å². The van der Waals surface area contributed by atoms with E-state index in [0.29, 0.717) is 6.61 Å². The first-order chi connectivity index (χ1) is 12.1. The number of anilines is 2. The van der Waals surface area contributed by atoms with Crippen LogP contribution in [0.4, 0.5) is 11.4 Å². The number of hydrogen-bond donors (Lipinski definition) is 1. The number of carbonyl (C=O) groups excluding carboxylic acids is 2. The van der Waals surface area contributed by atoms with Crippen LogP contribution in [0, 0.1) is 0 Å². The van der Waals surface area contributed by atoms with Gasteiger partial charge in [-0.15, -0.1) is 0 Å². The fourth-order valence-corrected chi connectivity index (χ4v) is 3.01. The molecule has 6 nitrogen and oxygen atoms in total. The highest BCUT2D eigenvalue weighted by Crippen LogP contribution is 2.21. The SMILES string of the molecule is CCOC(=O)CN(C)CC(=O)Nc1ccc(N2CCCCCC2)cc1. The van der Waals surface area contributed by atoms with Crippen LogP contribution in [0.3, 0.4) is 0 Å². The van der Waals surface area contributed by atoms with Gasteiger partial charge in [0.2, 0.25) is 5.91 Å². The predicted molar refractivity (Wildman–Crippen MR) is 99.9 cm³/mol. The van der Waals surface area contributed by atoms with E-state index in [2.05, 4.69) is 22.3 Å². The standard InChI is InChI=1S/C19H29N3O3/c1-3-25-19(24)15-21(2)14-18(23)20-16-8-10-17(11-9-16)22-12-6-4-5-7-13-22/h8-11H,3-7,12-15H2,1-2H3,(H,20,23). The highest BCUT2D eigenvalue weighted by molar-refractivity contribution is 5.92. The summed E-state index contributed by atoms with van der Waals surface area (Å²) in [6.45, 7) is 4.57. The van der Waals surface area contributed by atoms with Crippen molar-refractivity contribution >= 4 is 23.3 Å². The molecule has 0 aliphatic carbocycles. The maximum Gasteiger partial charge on any atom is 0.320 e. The molecule has 0 radical (unpaired) electrons. The highest BCUT2D eigenvalue weighted by Gasteiger charge is 2.12. The first kappa shape index (κ1) is 19.2. The molecule has 2 rings (SSSR count). The fourth-order valence-electron chi connectivity index (χ4n) is 3.01. The normalized spacial score (nSPS) is 14.9. The number of esters is 1. The molecule has 1 N–H and O–H groups in total. The van der Waals surface area contributed by atoms with Crippen LogP contribution in [0.1, 0.15) is 32.6 Å². The molecule has 1 heterocycles. The lowest BCUT2D eigenvalue weighted by atomic mass is 10.2. The van der Waals surface area contributed by atoms with Crippen molar-refractivity contribution in [2.75, 3.05) is 50.1 Å².